The Labute approximate surface area is 206 Å². The number of benzene rings is 1. The molecule has 3 heterocycles. The Morgan fingerprint density at radius 2 is 2.09 bits per heavy atom. The number of hydrogen-bond donors (Lipinski definition) is 4. The van der Waals surface area contributed by atoms with Gasteiger partial charge in [0.15, 0.2) is 5.82 Å². The number of nitrogens with zero attached hydrogens (tertiary/aromatic N) is 4. The maximum absolute atomic E-state index is 9.47. The summed E-state index contributed by atoms with van der Waals surface area (Å²) in [7, 11) is 1.69. The van der Waals surface area contributed by atoms with Crippen LogP contribution in [0.3, 0.4) is 0 Å². The van der Waals surface area contributed by atoms with Gasteiger partial charge >= 0.3 is 0 Å². The minimum absolute atomic E-state index is 0.0860. The van der Waals surface area contributed by atoms with Crippen molar-refractivity contribution in [3.63, 3.8) is 0 Å². The zero-order valence-electron chi connectivity index (χ0n) is 20.7. The first-order chi connectivity index (χ1) is 17.1. The molecule has 1 aliphatic heterocycles. The van der Waals surface area contributed by atoms with Gasteiger partial charge in [-0.25, -0.2) is 4.98 Å². The quantitative estimate of drug-likeness (QED) is 0.307. The highest BCUT2D eigenvalue weighted by molar-refractivity contribution is 5.86. The van der Waals surface area contributed by atoms with Gasteiger partial charge in [0.25, 0.3) is 0 Å². The van der Waals surface area contributed by atoms with E-state index in [0.29, 0.717) is 30.3 Å². The van der Waals surface area contributed by atoms with Crippen molar-refractivity contribution < 1.29 is 14.6 Å². The minimum atomic E-state index is 0.0860. The van der Waals surface area contributed by atoms with Gasteiger partial charge in [-0.05, 0) is 37.3 Å². The fourth-order valence-electron chi connectivity index (χ4n) is 4.58. The molecule has 5 N–H and O–H groups in total. The summed E-state index contributed by atoms with van der Waals surface area (Å²) >= 11 is 0. The number of nitrogen functional groups attached to an aromatic ring is 1. The van der Waals surface area contributed by atoms with E-state index in [-0.39, 0.29) is 18.6 Å². The molecule has 0 spiro atoms. The third-order valence-electron chi connectivity index (χ3n) is 6.45. The van der Waals surface area contributed by atoms with Gasteiger partial charge in [-0.2, -0.15) is 10.1 Å². The molecule has 0 radical (unpaired) electrons. The molecule has 10 heteroatoms. The predicted molar refractivity (Wildman–Crippen MR) is 137 cm³/mol. The molecule has 190 valence electrons. The number of fused-ring (bicyclic) bond motifs is 1. The second-order valence-electron chi connectivity index (χ2n) is 9.02. The monoisotopic (exact) mass is 483 g/mol. The van der Waals surface area contributed by atoms with Crippen LogP contribution in [0.1, 0.15) is 50.2 Å². The van der Waals surface area contributed by atoms with Gasteiger partial charge in [0, 0.05) is 44.0 Å². The van der Waals surface area contributed by atoms with Crippen molar-refractivity contribution in [1.29, 1.82) is 0 Å². The second-order valence-corrected chi connectivity index (χ2v) is 9.02. The lowest BCUT2D eigenvalue weighted by molar-refractivity contribution is 0.0776. The summed E-state index contributed by atoms with van der Waals surface area (Å²) in [5.74, 6) is 1.64. The average molecular weight is 484 g/mol. The first kappa shape index (κ1) is 25.2. The van der Waals surface area contributed by atoms with Gasteiger partial charge in [-0.15, -0.1) is 0 Å². The largest absolute Gasteiger partial charge is 0.496 e. The highest BCUT2D eigenvalue weighted by Gasteiger charge is 2.18. The Morgan fingerprint density at radius 1 is 1.26 bits per heavy atom. The van der Waals surface area contributed by atoms with Gasteiger partial charge in [-0.3, -0.25) is 4.68 Å². The topological polar surface area (TPSA) is 132 Å². The molecule has 35 heavy (non-hydrogen) atoms. The normalized spacial score (nSPS) is 15.4. The van der Waals surface area contributed by atoms with E-state index in [0.717, 1.165) is 62.3 Å². The molecule has 1 fully saturated rings. The van der Waals surface area contributed by atoms with Gasteiger partial charge in [-0.1, -0.05) is 25.5 Å². The van der Waals surface area contributed by atoms with Crippen molar-refractivity contribution in [3.8, 4) is 5.75 Å². The molecule has 0 amide bonds. The summed E-state index contributed by atoms with van der Waals surface area (Å²) < 4.78 is 13.0. The Morgan fingerprint density at radius 3 is 2.83 bits per heavy atom. The van der Waals surface area contributed by atoms with Crippen LogP contribution in [-0.4, -0.2) is 63.9 Å². The number of aliphatic hydroxyl groups is 1. The van der Waals surface area contributed by atoms with Crippen molar-refractivity contribution in [1.82, 2.24) is 25.1 Å². The van der Waals surface area contributed by atoms with E-state index >= 15 is 0 Å². The molecule has 1 aromatic carbocycles. The number of nitrogens with two attached hydrogens (primary N) is 1. The second kappa shape index (κ2) is 12.1. The number of aliphatic hydroxyl groups excluding tert-OH is 1. The number of hydrogen-bond acceptors (Lipinski definition) is 9. The fourth-order valence-corrected chi connectivity index (χ4v) is 4.58. The number of aromatic nitrogens is 4. The molecule has 1 saturated heterocycles. The lowest BCUT2D eigenvalue weighted by Crippen LogP contribution is -2.34. The first-order valence-corrected chi connectivity index (χ1v) is 12.4. The average Bonchev–Trinajstić information content (AvgIpc) is 3.26. The van der Waals surface area contributed by atoms with Gasteiger partial charge in [0.05, 0.1) is 19.9 Å². The predicted octanol–water partition coefficient (Wildman–Crippen LogP) is 2.70. The summed E-state index contributed by atoms with van der Waals surface area (Å²) in [6.45, 7) is 5.16. The van der Waals surface area contributed by atoms with Crippen molar-refractivity contribution in [2.24, 2.45) is 0 Å². The molecular weight excluding hydrogens is 446 g/mol. The Balaban J connectivity index is 1.55. The minimum Gasteiger partial charge on any atom is -0.496 e. The van der Waals surface area contributed by atoms with Crippen LogP contribution in [0.4, 0.5) is 11.8 Å². The van der Waals surface area contributed by atoms with Gasteiger partial charge in [0.1, 0.15) is 16.8 Å². The third kappa shape index (κ3) is 6.39. The van der Waals surface area contributed by atoms with Crippen LogP contribution in [0.2, 0.25) is 0 Å². The lowest BCUT2D eigenvalue weighted by atomic mass is 10.1. The molecule has 0 saturated carbocycles. The molecule has 1 aliphatic rings. The Hall–Kier alpha value is -2.95. The summed E-state index contributed by atoms with van der Waals surface area (Å²) in [5.41, 5.74) is 9.62. The van der Waals surface area contributed by atoms with Crippen LogP contribution in [0, 0.1) is 0 Å². The van der Waals surface area contributed by atoms with Crippen molar-refractivity contribution >= 4 is 22.8 Å². The SMILES string of the molecule is CCC[C@@H](CCO)Nc1nc(N)nc2cnn(Cc3ccc(CNC4CCOCC4)cc3OC)c12. The fraction of sp³-hybridized carbons (Fsp3) is 0.560. The van der Waals surface area contributed by atoms with E-state index in [9.17, 15) is 5.11 Å². The number of anilines is 2. The molecule has 0 unspecified atom stereocenters. The zero-order valence-corrected chi connectivity index (χ0v) is 20.7. The standard InChI is InChI=1S/C25H37N7O3/c1-3-4-20(7-10-33)29-24-23-21(30-25(26)31-24)15-28-32(23)16-18-6-5-17(13-22(18)34-2)14-27-19-8-11-35-12-9-19/h5-6,13,15,19-20,27,33H,3-4,7-12,14,16H2,1-2H3,(H3,26,29,30,31)/t20-/m0/s1. The van der Waals surface area contributed by atoms with Crippen LogP contribution in [0.25, 0.3) is 11.0 Å². The third-order valence-corrected chi connectivity index (χ3v) is 6.45. The Bertz CT molecular complexity index is 1090. The van der Waals surface area contributed by atoms with Crippen LogP contribution in [0.5, 0.6) is 5.75 Å². The van der Waals surface area contributed by atoms with E-state index in [4.69, 9.17) is 15.2 Å². The van der Waals surface area contributed by atoms with Crippen molar-refractivity contribution in [2.75, 3.05) is 38.0 Å². The van der Waals surface area contributed by atoms with E-state index in [1.54, 1.807) is 13.3 Å². The number of methoxy groups -OCH3 is 1. The van der Waals surface area contributed by atoms with E-state index in [2.05, 4.69) is 50.8 Å². The van der Waals surface area contributed by atoms with Crippen molar-refractivity contribution in [3.05, 3.63) is 35.5 Å². The van der Waals surface area contributed by atoms with E-state index < -0.39 is 0 Å². The van der Waals surface area contributed by atoms with Gasteiger partial charge in [0.2, 0.25) is 5.95 Å². The number of nitrogens with one attached hydrogen (secondary N) is 2. The van der Waals surface area contributed by atoms with E-state index in [1.165, 1.54) is 5.56 Å². The summed E-state index contributed by atoms with van der Waals surface area (Å²) in [5, 5.41) is 21.1. The van der Waals surface area contributed by atoms with Crippen LogP contribution < -0.4 is 21.1 Å². The maximum atomic E-state index is 9.47. The molecule has 3 aromatic rings. The summed E-state index contributed by atoms with van der Waals surface area (Å²) in [6, 6.07) is 6.87. The smallest absolute Gasteiger partial charge is 0.222 e. The van der Waals surface area contributed by atoms with Gasteiger partial charge < -0.3 is 30.9 Å². The van der Waals surface area contributed by atoms with E-state index in [1.807, 2.05) is 4.68 Å². The first-order valence-electron chi connectivity index (χ1n) is 12.4. The zero-order chi connectivity index (χ0) is 24.6. The molecule has 0 aliphatic carbocycles. The number of rotatable bonds is 12. The highest BCUT2D eigenvalue weighted by atomic mass is 16.5. The van der Waals surface area contributed by atoms with Crippen LogP contribution in [-0.2, 0) is 17.8 Å². The molecule has 0 bridgehead atoms. The molecule has 4 rings (SSSR count). The number of ether oxygens (including phenoxy) is 2. The molecule has 10 nitrogen and oxygen atoms in total. The van der Waals surface area contributed by atoms with Crippen LogP contribution in [0.15, 0.2) is 24.4 Å². The highest BCUT2D eigenvalue weighted by Crippen LogP contribution is 2.27. The van der Waals surface area contributed by atoms with Crippen LogP contribution >= 0.6 is 0 Å². The maximum Gasteiger partial charge on any atom is 0.222 e. The molecular formula is C25H37N7O3. The molecule has 2 aromatic heterocycles. The summed E-state index contributed by atoms with van der Waals surface area (Å²) in [4.78, 5) is 8.84. The summed E-state index contributed by atoms with van der Waals surface area (Å²) in [6.07, 6.45) is 6.33. The Kier molecular flexibility index (Phi) is 8.73. The lowest BCUT2D eigenvalue weighted by Gasteiger charge is -2.23. The van der Waals surface area contributed by atoms with Crippen molar-refractivity contribution in [2.45, 2.75) is 64.2 Å². The molecule has 1 atom stereocenters.